The Bertz CT molecular complexity index is 503. The van der Waals surface area contributed by atoms with Crippen LogP contribution in [0.2, 0.25) is 0 Å². The van der Waals surface area contributed by atoms with Gasteiger partial charge in [0.2, 0.25) is 12.7 Å². The summed E-state index contributed by atoms with van der Waals surface area (Å²) in [6.07, 6.45) is 0.133. The maximum atomic E-state index is 11.6. The Morgan fingerprint density at radius 2 is 2.11 bits per heavy atom. The standard InChI is InChI=1S/C12H14N2O5/c13-8(12(16)17)2-4-11(15)14-7-1-3-9-10(5-7)19-6-18-9/h1,3,5,8H,2,4,6,13H2,(H,14,15)(H,16,17)/t8-/m0/s1. The Balaban J connectivity index is 1.87. The van der Waals surface area contributed by atoms with Crippen molar-refractivity contribution in [2.24, 2.45) is 5.73 Å². The van der Waals surface area contributed by atoms with Gasteiger partial charge in [0.1, 0.15) is 6.04 Å². The number of fused-ring (bicyclic) bond motifs is 1. The van der Waals surface area contributed by atoms with Crippen LogP contribution in [0.25, 0.3) is 0 Å². The van der Waals surface area contributed by atoms with Crippen molar-refractivity contribution < 1.29 is 24.2 Å². The van der Waals surface area contributed by atoms with Crippen LogP contribution >= 0.6 is 0 Å². The summed E-state index contributed by atoms with van der Waals surface area (Å²) in [7, 11) is 0. The first-order valence-electron chi connectivity index (χ1n) is 5.74. The van der Waals surface area contributed by atoms with E-state index in [0.29, 0.717) is 17.2 Å². The molecule has 0 bridgehead atoms. The molecule has 0 saturated heterocycles. The van der Waals surface area contributed by atoms with E-state index in [1.165, 1.54) is 0 Å². The second kappa shape index (κ2) is 5.57. The zero-order valence-electron chi connectivity index (χ0n) is 10.1. The van der Waals surface area contributed by atoms with Crippen LogP contribution in [0.3, 0.4) is 0 Å². The SMILES string of the molecule is N[C@@H](CCC(=O)Nc1ccc2c(c1)OCO2)C(=O)O. The Labute approximate surface area is 109 Å². The first-order valence-corrected chi connectivity index (χ1v) is 5.74. The molecule has 0 unspecified atom stereocenters. The lowest BCUT2D eigenvalue weighted by molar-refractivity contribution is -0.138. The molecule has 1 amide bonds. The number of carboxylic acid groups (broad SMARTS) is 1. The highest BCUT2D eigenvalue weighted by Gasteiger charge is 2.16. The molecule has 1 aliphatic rings. The van der Waals surface area contributed by atoms with Crippen molar-refractivity contribution in [2.75, 3.05) is 12.1 Å². The van der Waals surface area contributed by atoms with Gasteiger partial charge in [-0.2, -0.15) is 0 Å². The number of rotatable bonds is 5. The zero-order chi connectivity index (χ0) is 13.8. The average molecular weight is 266 g/mol. The highest BCUT2D eigenvalue weighted by atomic mass is 16.7. The molecule has 102 valence electrons. The third kappa shape index (κ3) is 3.35. The number of carbonyl (C=O) groups is 2. The molecular formula is C12H14N2O5. The maximum absolute atomic E-state index is 11.6. The molecule has 7 nitrogen and oxygen atoms in total. The minimum atomic E-state index is -1.11. The van der Waals surface area contributed by atoms with Crippen molar-refractivity contribution in [3.8, 4) is 11.5 Å². The van der Waals surface area contributed by atoms with Gasteiger partial charge in [-0.1, -0.05) is 0 Å². The van der Waals surface area contributed by atoms with Gasteiger partial charge in [0, 0.05) is 18.2 Å². The van der Waals surface area contributed by atoms with Gasteiger partial charge in [0.05, 0.1) is 0 Å². The van der Waals surface area contributed by atoms with Crippen molar-refractivity contribution >= 4 is 17.6 Å². The second-order valence-corrected chi connectivity index (χ2v) is 4.10. The molecule has 0 fully saturated rings. The molecule has 1 aliphatic heterocycles. The van der Waals surface area contributed by atoms with Gasteiger partial charge in [0.25, 0.3) is 0 Å². The molecule has 4 N–H and O–H groups in total. The topological polar surface area (TPSA) is 111 Å². The summed E-state index contributed by atoms with van der Waals surface area (Å²) in [5.41, 5.74) is 5.88. The van der Waals surface area contributed by atoms with Crippen molar-refractivity contribution in [1.29, 1.82) is 0 Å². The summed E-state index contributed by atoms with van der Waals surface area (Å²) in [6, 6.07) is 4.00. The van der Waals surface area contributed by atoms with Crippen molar-refractivity contribution in [3.05, 3.63) is 18.2 Å². The van der Waals surface area contributed by atoms with E-state index in [1.807, 2.05) is 0 Å². The van der Waals surface area contributed by atoms with E-state index in [4.69, 9.17) is 20.3 Å². The van der Waals surface area contributed by atoms with Gasteiger partial charge >= 0.3 is 5.97 Å². The van der Waals surface area contributed by atoms with E-state index < -0.39 is 12.0 Å². The molecule has 0 spiro atoms. The third-order valence-corrected chi connectivity index (χ3v) is 2.66. The molecule has 19 heavy (non-hydrogen) atoms. The summed E-state index contributed by atoms with van der Waals surface area (Å²) >= 11 is 0. The number of ether oxygens (including phenoxy) is 2. The van der Waals surface area contributed by atoms with Crippen LogP contribution in [0.4, 0.5) is 5.69 Å². The molecule has 2 rings (SSSR count). The number of nitrogens with two attached hydrogens (primary N) is 1. The number of carbonyl (C=O) groups excluding carboxylic acids is 1. The molecule has 1 aromatic rings. The summed E-state index contributed by atoms with van der Waals surface area (Å²) < 4.78 is 10.3. The molecule has 1 atom stereocenters. The quantitative estimate of drug-likeness (QED) is 0.717. The minimum Gasteiger partial charge on any atom is -0.480 e. The molecule has 0 saturated carbocycles. The maximum Gasteiger partial charge on any atom is 0.320 e. The predicted molar refractivity (Wildman–Crippen MR) is 66.0 cm³/mol. The summed E-state index contributed by atoms with van der Waals surface area (Å²) in [4.78, 5) is 22.1. The fraction of sp³-hybridized carbons (Fsp3) is 0.333. The third-order valence-electron chi connectivity index (χ3n) is 2.66. The van der Waals surface area contributed by atoms with E-state index in [2.05, 4.69) is 5.32 Å². The van der Waals surface area contributed by atoms with Crippen LogP contribution in [0.5, 0.6) is 11.5 Å². The fourth-order valence-electron chi connectivity index (χ4n) is 1.61. The van der Waals surface area contributed by atoms with Gasteiger partial charge in [-0.05, 0) is 18.6 Å². The highest BCUT2D eigenvalue weighted by Crippen LogP contribution is 2.34. The number of carboxylic acids is 1. The molecule has 0 aliphatic carbocycles. The summed E-state index contributed by atoms with van der Waals surface area (Å²) in [5.74, 6) is -0.211. The number of anilines is 1. The smallest absolute Gasteiger partial charge is 0.320 e. The Hall–Kier alpha value is -2.28. The number of hydrogen-bond acceptors (Lipinski definition) is 5. The second-order valence-electron chi connectivity index (χ2n) is 4.10. The average Bonchev–Trinajstić information content (AvgIpc) is 2.83. The first kappa shape index (κ1) is 13.2. The number of amides is 1. The van der Waals surface area contributed by atoms with Gasteiger partial charge in [-0.3, -0.25) is 9.59 Å². The molecule has 1 aromatic carbocycles. The Morgan fingerprint density at radius 1 is 1.37 bits per heavy atom. The molecule has 0 radical (unpaired) electrons. The van der Waals surface area contributed by atoms with Crippen molar-refractivity contribution in [3.63, 3.8) is 0 Å². The van der Waals surface area contributed by atoms with E-state index in [0.717, 1.165) is 0 Å². The van der Waals surface area contributed by atoms with Gasteiger partial charge in [-0.15, -0.1) is 0 Å². The lowest BCUT2D eigenvalue weighted by Gasteiger charge is -2.08. The summed E-state index contributed by atoms with van der Waals surface area (Å²) in [6.45, 7) is 0.167. The summed E-state index contributed by atoms with van der Waals surface area (Å²) in [5, 5.41) is 11.2. The molecule has 7 heteroatoms. The number of benzene rings is 1. The lowest BCUT2D eigenvalue weighted by Crippen LogP contribution is -2.31. The van der Waals surface area contributed by atoms with Crippen LogP contribution in [0, 0.1) is 0 Å². The number of hydrogen-bond donors (Lipinski definition) is 3. The monoisotopic (exact) mass is 266 g/mol. The van der Waals surface area contributed by atoms with Crippen LogP contribution in [0.15, 0.2) is 18.2 Å². The van der Waals surface area contributed by atoms with Crippen molar-refractivity contribution in [2.45, 2.75) is 18.9 Å². The zero-order valence-corrected chi connectivity index (χ0v) is 10.1. The molecule has 1 heterocycles. The van der Waals surface area contributed by atoms with E-state index in [1.54, 1.807) is 18.2 Å². The van der Waals surface area contributed by atoms with Crippen molar-refractivity contribution in [1.82, 2.24) is 0 Å². The molecular weight excluding hydrogens is 252 g/mol. The first-order chi connectivity index (χ1) is 9.06. The lowest BCUT2D eigenvalue weighted by atomic mass is 10.1. The Kier molecular flexibility index (Phi) is 3.86. The van der Waals surface area contributed by atoms with Gasteiger partial charge in [-0.25, -0.2) is 0 Å². The normalized spacial score (nSPS) is 13.9. The number of aliphatic carboxylic acids is 1. The van der Waals surface area contributed by atoms with E-state index >= 15 is 0 Å². The molecule has 0 aromatic heterocycles. The predicted octanol–water partition coefficient (Wildman–Crippen LogP) is 0.546. The van der Waals surface area contributed by atoms with Crippen LogP contribution in [-0.4, -0.2) is 29.8 Å². The Morgan fingerprint density at radius 3 is 2.84 bits per heavy atom. The largest absolute Gasteiger partial charge is 0.480 e. The van der Waals surface area contributed by atoms with Crippen LogP contribution in [0.1, 0.15) is 12.8 Å². The fourth-order valence-corrected chi connectivity index (χ4v) is 1.61. The van der Waals surface area contributed by atoms with E-state index in [-0.39, 0.29) is 25.5 Å². The number of nitrogens with one attached hydrogen (secondary N) is 1. The van der Waals surface area contributed by atoms with Gasteiger partial charge in [0.15, 0.2) is 11.5 Å². The minimum absolute atomic E-state index is 0.0436. The van der Waals surface area contributed by atoms with Gasteiger partial charge < -0.3 is 25.6 Å². The van der Waals surface area contributed by atoms with Crippen LogP contribution in [-0.2, 0) is 9.59 Å². The highest BCUT2D eigenvalue weighted by molar-refractivity contribution is 5.91. The van der Waals surface area contributed by atoms with E-state index in [9.17, 15) is 9.59 Å². The van der Waals surface area contributed by atoms with Crippen LogP contribution < -0.4 is 20.5 Å².